The molecule has 108 valence electrons. The average molecular weight is 501 g/mol. The molecule has 1 saturated carbocycles. The van der Waals surface area contributed by atoms with Gasteiger partial charge in [0.15, 0.2) is 0 Å². The van der Waals surface area contributed by atoms with E-state index in [1.54, 1.807) is 12.1 Å². The molecular formula is C13H13I2NO4. The molecule has 1 amide bonds. The minimum atomic E-state index is -1.28. The quantitative estimate of drug-likeness (QED) is 0.555. The summed E-state index contributed by atoms with van der Waals surface area (Å²) in [6.07, 6.45) is 1.58. The fourth-order valence-electron chi connectivity index (χ4n) is 2.03. The lowest BCUT2D eigenvalue weighted by atomic mass is 9.95. The maximum atomic E-state index is 12.3. The van der Waals surface area contributed by atoms with Crippen LogP contribution in [0.25, 0.3) is 0 Å². The summed E-state index contributed by atoms with van der Waals surface area (Å²) in [6, 6.07) is 3.28. The number of carboxylic acid groups (broad SMARTS) is 1. The van der Waals surface area contributed by atoms with Gasteiger partial charge < -0.3 is 15.5 Å². The number of hydrogen-bond donors (Lipinski definition) is 3. The van der Waals surface area contributed by atoms with E-state index in [1.807, 2.05) is 45.2 Å². The molecule has 7 heteroatoms. The van der Waals surface area contributed by atoms with Crippen molar-refractivity contribution in [2.24, 2.45) is 5.92 Å². The zero-order valence-electron chi connectivity index (χ0n) is 10.6. The molecule has 1 aliphatic rings. The largest absolute Gasteiger partial charge is 0.506 e. The molecular weight excluding hydrogens is 488 g/mol. The molecule has 0 bridgehead atoms. The van der Waals surface area contributed by atoms with Crippen LogP contribution in [-0.2, 0) is 4.79 Å². The van der Waals surface area contributed by atoms with E-state index in [0.717, 1.165) is 16.4 Å². The van der Waals surface area contributed by atoms with Crippen LogP contribution in [0.2, 0.25) is 0 Å². The first-order valence-electron chi connectivity index (χ1n) is 5.99. The van der Waals surface area contributed by atoms with Crippen LogP contribution in [0.4, 0.5) is 0 Å². The second-order valence-corrected chi connectivity index (χ2v) is 7.43. The highest BCUT2D eigenvalue weighted by Gasteiger charge is 2.48. The molecule has 0 spiro atoms. The predicted molar refractivity (Wildman–Crippen MR) is 89.8 cm³/mol. The fraction of sp³-hybridized carbons (Fsp3) is 0.385. The second kappa shape index (κ2) is 5.66. The molecule has 0 aromatic heterocycles. The van der Waals surface area contributed by atoms with Gasteiger partial charge in [-0.15, -0.1) is 0 Å². The van der Waals surface area contributed by atoms with E-state index < -0.39 is 17.4 Å². The number of benzene rings is 1. The Morgan fingerprint density at radius 1 is 1.35 bits per heavy atom. The molecule has 1 aromatic carbocycles. The lowest BCUT2D eigenvalue weighted by Crippen LogP contribution is -2.54. The first-order valence-corrected chi connectivity index (χ1v) is 8.15. The lowest BCUT2D eigenvalue weighted by Gasteiger charge is -2.26. The van der Waals surface area contributed by atoms with Crippen molar-refractivity contribution in [1.29, 1.82) is 0 Å². The number of phenols is 1. The molecule has 1 fully saturated rings. The van der Waals surface area contributed by atoms with E-state index in [0.29, 0.717) is 3.57 Å². The van der Waals surface area contributed by atoms with Crippen LogP contribution in [0.3, 0.4) is 0 Å². The zero-order chi connectivity index (χ0) is 15.1. The SMILES string of the molecule is CC(NC(=O)c1cc(I)cc(I)c1O)(C(=O)O)C1CC1. The molecule has 1 unspecified atom stereocenters. The summed E-state index contributed by atoms with van der Waals surface area (Å²) in [5, 5.41) is 21.9. The number of phenolic OH excluding ortho intramolecular Hbond substituents is 1. The zero-order valence-corrected chi connectivity index (χ0v) is 14.9. The van der Waals surface area contributed by atoms with Crippen molar-refractivity contribution >= 4 is 57.1 Å². The van der Waals surface area contributed by atoms with Gasteiger partial charge in [0.2, 0.25) is 0 Å². The molecule has 0 aliphatic heterocycles. The third-order valence-corrected chi connectivity index (χ3v) is 4.93. The van der Waals surface area contributed by atoms with Crippen LogP contribution in [-0.4, -0.2) is 27.6 Å². The van der Waals surface area contributed by atoms with Gasteiger partial charge in [-0.05, 0) is 83.0 Å². The second-order valence-electron chi connectivity index (χ2n) is 5.02. The molecule has 5 nitrogen and oxygen atoms in total. The molecule has 1 aliphatic carbocycles. The Labute approximate surface area is 143 Å². The molecule has 1 aromatic rings. The molecule has 20 heavy (non-hydrogen) atoms. The Morgan fingerprint density at radius 3 is 2.45 bits per heavy atom. The highest BCUT2D eigenvalue weighted by Crippen LogP contribution is 2.40. The van der Waals surface area contributed by atoms with Crippen molar-refractivity contribution in [2.75, 3.05) is 0 Å². The summed E-state index contributed by atoms with van der Waals surface area (Å²) < 4.78 is 1.36. The maximum absolute atomic E-state index is 12.3. The van der Waals surface area contributed by atoms with Gasteiger partial charge in [-0.1, -0.05) is 0 Å². The molecule has 2 rings (SSSR count). The van der Waals surface area contributed by atoms with E-state index in [9.17, 15) is 19.8 Å². The third-order valence-electron chi connectivity index (χ3n) is 3.48. The summed E-state index contributed by atoms with van der Waals surface area (Å²) in [6.45, 7) is 1.51. The van der Waals surface area contributed by atoms with Crippen molar-refractivity contribution in [3.05, 3.63) is 24.8 Å². The van der Waals surface area contributed by atoms with Crippen LogP contribution in [0.5, 0.6) is 5.75 Å². The highest BCUT2D eigenvalue weighted by molar-refractivity contribution is 14.1. The number of hydrogen-bond acceptors (Lipinski definition) is 3. The predicted octanol–water partition coefficient (Wildman–Crippen LogP) is 2.58. The van der Waals surface area contributed by atoms with Gasteiger partial charge in [0.25, 0.3) is 5.91 Å². The molecule has 3 N–H and O–H groups in total. The number of carboxylic acids is 1. The van der Waals surface area contributed by atoms with E-state index in [1.165, 1.54) is 6.92 Å². The highest BCUT2D eigenvalue weighted by atomic mass is 127. The minimum Gasteiger partial charge on any atom is -0.506 e. The summed E-state index contributed by atoms with van der Waals surface area (Å²) >= 11 is 3.98. The van der Waals surface area contributed by atoms with Gasteiger partial charge in [-0.2, -0.15) is 0 Å². The van der Waals surface area contributed by atoms with Gasteiger partial charge >= 0.3 is 5.97 Å². The molecule has 1 atom stereocenters. The van der Waals surface area contributed by atoms with Crippen molar-refractivity contribution < 1.29 is 19.8 Å². The van der Waals surface area contributed by atoms with Crippen molar-refractivity contribution in [2.45, 2.75) is 25.3 Å². The first kappa shape index (κ1) is 15.8. The lowest BCUT2D eigenvalue weighted by molar-refractivity contribution is -0.144. The van der Waals surface area contributed by atoms with E-state index in [-0.39, 0.29) is 17.2 Å². The monoisotopic (exact) mass is 501 g/mol. The van der Waals surface area contributed by atoms with Crippen LogP contribution in [0.1, 0.15) is 30.1 Å². The number of halogens is 2. The van der Waals surface area contributed by atoms with E-state index in [2.05, 4.69) is 5.32 Å². The molecule has 0 heterocycles. The number of amides is 1. The summed E-state index contributed by atoms with van der Waals surface area (Å²) in [5.41, 5.74) is -1.18. The van der Waals surface area contributed by atoms with Crippen molar-refractivity contribution in [3.8, 4) is 5.75 Å². The average Bonchev–Trinajstić information content (AvgIpc) is 3.17. The molecule has 0 radical (unpaired) electrons. The number of carbonyl (C=O) groups excluding carboxylic acids is 1. The van der Waals surface area contributed by atoms with Gasteiger partial charge in [-0.25, -0.2) is 4.79 Å². The maximum Gasteiger partial charge on any atom is 0.329 e. The molecule has 0 saturated heterocycles. The minimum absolute atomic E-state index is 0.0482. The van der Waals surface area contributed by atoms with Gasteiger partial charge in [0.05, 0.1) is 9.13 Å². The van der Waals surface area contributed by atoms with E-state index in [4.69, 9.17) is 0 Å². The van der Waals surface area contributed by atoms with Crippen LogP contribution >= 0.6 is 45.2 Å². The third kappa shape index (κ3) is 3.02. The summed E-state index contributed by atoms with van der Waals surface area (Å²) in [4.78, 5) is 23.7. The van der Waals surface area contributed by atoms with Crippen LogP contribution in [0, 0.1) is 13.1 Å². The topological polar surface area (TPSA) is 86.6 Å². The Kier molecular flexibility index (Phi) is 4.47. The Morgan fingerprint density at radius 2 is 1.95 bits per heavy atom. The van der Waals surface area contributed by atoms with Crippen LogP contribution in [0.15, 0.2) is 12.1 Å². The Hall–Kier alpha value is -0.580. The fourth-order valence-corrected chi connectivity index (χ4v) is 3.88. The smallest absolute Gasteiger partial charge is 0.329 e. The number of rotatable bonds is 4. The number of aliphatic carboxylic acids is 1. The van der Waals surface area contributed by atoms with Gasteiger partial charge in [-0.3, -0.25) is 4.79 Å². The van der Waals surface area contributed by atoms with Gasteiger partial charge in [0, 0.05) is 3.57 Å². The number of nitrogens with one attached hydrogen (secondary N) is 1. The summed E-state index contributed by atoms with van der Waals surface area (Å²) in [7, 11) is 0. The normalized spacial score (nSPS) is 17.4. The Balaban J connectivity index is 2.30. The summed E-state index contributed by atoms with van der Waals surface area (Å²) in [5.74, 6) is -1.77. The van der Waals surface area contributed by atoms with E-state index >= 15 is 0 Å². The van der Waals surface area contributed by atoms with Gasteiger partial charge in [0.1, 0.15) is 11.3 Å². The van der Waals surface area contributed by atoms with Crippen LogP contribution < -0.4 is 5.32 Å². The Bertz CT molecular complexity index is 586. The standard InChI is InChI=1S/C13H13I2NO4/c1-13(12(19)20,6-2-3-6)16-11(18)8-4-7(14)5-9(15)10(8)17/h4-6,17H,2-3H2,1H3,(H,16,18)(H,19,20). The van der Waals surface area contributed by atoms with Crippen molar-refractivity contribution in [3.63, 3.8) is 0 Å². The number of aromatic hydroxyl groups is 1. The first-order chi connectivity index (χ1) is 9.25. The number of carbonyl (C=O) groups is 2. The van der Waals surface area contributed by atoms with Crippen molar-refractivity contribution in [1.82, 2.24) is 5.32 Å².